The molecule has 2 aromatic rings. The quantitative estimate of drug-likeness (QED) is 0.353. The average Bonchev–Trinajstić information content (AvgIpc) is 2.43. The number of carbonyl (C=O) groups is 1. The van der Waals surface area contributed by atoms with Crippen LogP contribution in [0.1, 0.15) is 0 Å². The van der Waals surface area contributed by atoms with Crippen LogP contribution in [0.2, 0.25) is 0 Å². The molecule has 3 nitrogen and oxygen atoms in total. The number of rotatable bonds is 4. The van der Waals surface area contributed by atoms with Crippen LogP contribution in [0.3, 0.4) is 0 Å². The van der Waals surface area contributed by atoms with Crippen molar-refractivity contribution in [3.05, 3.63) is 64.8 Å². The predicted octanol–water partition coefficient (Wildman–Crippen LogP) is 4.17. The molecule has 0 heterocycles. The molecule has 0 saturated heterocycles. The van der Waals surface area contributed by atoms with Crippen molar-refractivity contribution in [2.75, 3.05) is 0 Å². The highest BCUT2D eigenvalue weighted by Gasteiger charge is 2.03. The van der Waals surface area contributed by atoms with Gasteiger partial charge in [0.2, 0.25) is 0 Å². The van der Waals surface area contributed by atoms with Gasteiger partial charge in [0.05, 0.1) is 3.57 Å². The maximum Gasteiger partial charge on any atom is 0.335 e. The van der Waals surface area contributed by atoms with E-state index in [1.807, 2.05) is 24.3 Å². The van der Waals surface area contributed by atoms with Crippen molar-refractivity contribution in [2.45, 2.75) is 0 Å². The number of carbonyl (C=O) groups excluding carboxylic acids is 1. The van der Waals surface area contributed by atoms with Crippen LogP contribution in [0, 0.1) is 3.57 Å². The first-order chi connectivity index (χ1) is 9.19. The first-order valence-corrected chi connectivity index (χ1v) is 6.63. The van der Waals surface area contributed by atoms with E-state index in [2.05, 4.69) is 29.2 Å². The molecule has 0 aliphatic carbocycles. The topological polar surface area (TPSA) is 35.5 Å². The minimum absolute atomic E-state index is 0.458. The number of halogens is 1. The fraction of sp³-hybridized carbons (Fsp3) is 0. The Bertz CT molecular complexity index is 591. The van der Waals surface area contributed by atoms with Gasteiger partial charge in [0.1, 0.15) is 17.2 Å². The molecule has 0 fully saturated rings. The van der Waals surface area contributed by atoms with E-state index >= 15 is 0 Å². The van der Waals surface area contributed by atoms with Crippen molar-refractivity contribution in [3.8, 4) is 17.2 Å². The lowest BCUT2D eigenvalue weighted by molar-refractivity contribution is -0.128. The standard InChI is InChI=1S/C15H11IO3/c1-2-15(17)19-12-9-7-11(8-10-12)18-14-6-4-3-5-13(14)16/h2-10H,1H2. The van der Waals surface area contributed by atoms with Gasteiger partial charge in [0.25, 0.3) is 0 Å². The first-order valence-electron chi connectivity index (χ1n) is 5.56. The van der Waals surface area contributed by atoms with Crippen LogP contribution in [-0.4, -0.2) is 5.97 Å². The fourth-order valence-electron chi connectivity index (χ4n) is 1.39. The molecule has 0 amide bonds. The summed E-state index contributed by atoms with van der Waals surface area (Å²) in [5, 5.41) is 0. The van der Waals surface area contributed by atoms with Crippen LogP contribution < -0.4 is 9.47 Å². The van der Waals surface area contributed by atoms with Crippen molar-refractivity contribution in [3.63, 3.8) is 0 Å². The van der Waals surface area contributed by atoms with Gasteiger partial charge in [-0.3, -0.25) is 0 Å². The average molecular weight is 366 g/mol. The van der Waals surface area contributed by atoms with Crippen LogP contribution in [-0.2, 0) is 4.79 Å². The maximum absolute atomic E-state index is 11.0. The summed E-state index contributed by atoms with van der Waals surface area (Å²) < 4.78 is 11.7. The van der Waals surface area contributed by atoms with Gasteiger partial charge < -0.3 is 9.47 Å². The van der Waals surface area contributed by atoms with Gasteiger partial charge >= 0.3 is 5.97 Å². The third-order valence-corrected chi connectivity index (χ3v) is 3.16. The number of ether oxygens (including phenoxy) is 2. The van der Waals surface area contributed by atoms with E-state index < -0.39 is 5.97 Å². The minimum atomic E-state index is -0.480. The third kappa shape index (κ3) is 3.82. The van der Waals surface area contributed by atoms with Crippen molar-refractivity contribution in [1.82, 2.24) is 0 Å². The van der Waals surface area contributed by atoms with Crippen LogP contribution in [0.5, 0.6) is 17.2 Å². The maximum atomic E-state index is 11.0. The summed E-state index contributed by atoms with van der Waals surface area (Å²) in [5.74, 6) is 1.45. The monoisotopic (exact) mass is 366 g/mol. The predicted molar refractivity (Wildman–Crippen MR) is 81.5 cm³/mol. The van der Waals surface area contributed by atoms with Gasteiger partial charge in [-0.25, -0.2) is 4.79 Å². The third-order valence-electron chi connectivity index (χ3n) is 2.27. The lowest BCUT2D eigenvalue weighted by atomic mass is 10.3. The smallest absolute Gasteiger partial charge is 0.335 e. The van der Waals surface area contributed by atoms with E-state index in [-0.39, 0.29) is 0 Å². The molecule has 4 heteroatoms. The summed E-state index contributed by atoms with van der Waals surface area (Å²) in [7, 11) is 0. The molecule has 0 aliphatic heterocycles. The van der Waals surface area contributed by atoms with Gasteiger partial charge in [0.15, 0.2) is 0 Å². The number of para-hydroxylation sites is 1. The van der Waals surface area contributed by atoms with E-state index in [4.69, 9.17) is 9.47 Å². The molecule has 0 atom stereocenters. The zero-order chi connectivity index (χ0) is 13.7. The Hall–Kier alpha value is -1.82. The molecular formula is C15H11IO3. The molecule has 0 unspecified atom stereocenters. The van der Waals surface area contributed by atoms with Crippen LogP contribution in [0.4, 0.5) is 0 Å². The highest BCUT2D eigenvalue weighted by Crippen LogP contribution is 2.27. The van der Waals surface area contributed by atoms with Crippen molar-refractivity contribution >= 4 is 28.6 Å². The molecule has 96 valence electrons. The summed E-state index contributed by atoms with van der Waals surface area (Å²) in [6.07, 6.45) is 1.12. The Balaban J connectivity index is 2.09. The molecule has 0 saturated carbocycles. The Morgan fingerprint density at radius 3 is 2.32 bits per heavy atom. The van der Waals surface area contributed by atoms with Gasteiger partial charge in [0, 0.05) is 6.08 Å². The minimum Gasteiger partial charge on any atom is -0.456 e. The molecule has 0 spiro atoms. The normalized spacial score (nSPS) is 9.74. The molecule has 19 heavy (non-hydrogen) atoms. The van der Waals surface area contributed by atoms with E-state index in [0.29, 0.717) is 11.5 Å². The lowest BCUT2D eigenvalue weighted by Gasteiger charge is -2.08. The molecule has 0 bridgehead atoms. The molecule has 0 N–H and O–H groups in total. The van der Waals surface area contributed by atoms with Crippen LogP contribution in [0.15, 0.2) is 61.2 Å². The molecule has 0 radical (unpaired) electrons. The molecular weight excluding hydrogens is 355 g/mol. The zero-order valence-corrected chi connectivity index (χ0v) is 12.2. The molecule has 2 aromatic carbocycles. The Morgan fingerprint density at radius 1 is 1.05 bits per heavy atom. The van der Waals surface area contributed by atoms with Crippen LogP contribution >= 0.6 is 22.6 Å². The number of benzene rings is 2. The first kappa shape index (κ1) is 13.6. The van der Waals surface area contributed by atoms with E-state index in [1.54, 1.807) is 24.3 Å². The number of hydrogen-bond acceptors (Lipinski definition) is 3. The fourth-order valence-corrected chi connectivity index (χ4v) is 1.89. The Kier molecular flexibility index (Phi) is 4.57. The largest absolute Gasteiger partial charge is 0.456 e. The molecule has 0 aliphatic rings. The Morgan fingerprint density at radius 2 is 1.68 bits per heavy atom. The lowest BCUT2D eigenvalue weighted by Crippen LogP contribution is -2.02. The summed E-state index contributed by atoms with van der Waals surface area (Å²) in [6, 6.07) is 14.6. The van der Waals surface area contributed by atoms with E-state index in [0.717, 1.165) is 15.4 Å². The molecule has 2 rings (SSSR count). The van der Waals surface area contributed by atoms with Gasteiger partial charge in [-0.1, -0.05) is 18.7 Å². The summed E-state index contributed by atoms with van der Waals surface area (Å²) >= 11 is 2.21. The number of hydrogen-bond donors (Lipinski definition) is 0. The van der Waals surface area contributed by atoms with Crippen molar-refractivity contribution in [2.24, 2.45) is 0 Å². The van der Waals surface area contributed by atoms with E-state index in [1.165, 1.54) is 0 Å². The summed E-state index contributed by atoms with van der Waals surface area (Å²) in [5.41, 5.74) is 0. The molecule has 0 aromatic heterocycles. The highest BCUT2D eigenvalue weighted by molar-refractivity contribution is 14.1. The van der Waals surface area contributed by atoms with E-state index in [9.17, 15) is 4.79 Å². The highest BCUT2D eigenvalue weighted by atomic mass is 127. The second-order valence-corrected chi connectivity index (χ2v) is 4.79. The Labute approximate surface area is 125 Å². The second-order valence-electron chi connectivity index (χ2n) is 3.63. The van der Waals surface area contributed by atoms with Gasteiger partial charge in [-0.2, -0.15) is 0 Å². The van der Waals surface area contributed by atoms with Gasteiger partial charge in [-0.05, 0) is 59.0 Å². The second kappa shape index (κ2) is 6.38. The SMILES string of the molecule is C=CC(=O)Oc1ccc(Oc2ccccc2I)cc1. The zero-order valence-electron chi connectivity index (χ0n) is 10.0. The summed E-state index contributed by atoms with van der Waals surface area (Å²) in [4.78, 5) is 11.0. The van der Waals surface area contributed by atoms with Crippen molar-refractivity contribution in [1.29, 1.82) is 0 Å². The van der Waals surface area contributed by atoms with Gasteiger partial charge in [-0.15, -0.1) is 0 Å². The van der Waals surface area contributed by atoms with Crippen LogP contribution in [0.25, 0.3) is 0 Å². The number of esters is 1. The van der Waals surface area contributed by atoms with Crippen molar-refractivity contribution < 1.29 is 14.3 Å². The summed E-state index contributed by atoms with van der Waals surface area (Å²) in [6.45, 7) is 3.34.